The van der Waals surface area contributed by atoms with Crippen LogP contribution in [0.3, 0.4) is 0 Å². The Balaban J connectivity index is 1.09. The van der Waals surface area contributed by atoms with Crippen molar-refractivity contribution < 1.29 is 24.2 Å². The summed E-state index contributed by atoms with van der Waals surface area (Å²) in [5.74, 6) is -0.494. The molecule has 34 heavy (non-hydrogen) atoms. The fourth-order valence-electron chi connectivity index (χ4n) is 5.58. The van der Waals surface area contributed by atoms with E-state index in [9.17, 15) is 14.4 Å². The molecule has 2 aromatic rings. The van der Waals surface area contributed by atoms with E-state index in [0.717, 1.165) is 6.42 Å². The Kier molecular flexibility index (Phi) is 6.02. The van der Waals surface area contributed by atoms with Gasteiger partial charge in [-0.05, 0) is 46.4 Å². The van der Waals surface area contributed by atoms with Crippen molar-refractivity contribution >= 4 is 18.0 Å². The highest BCUT2D eigenvalue weighted by molar-refractivity contribution is 5.82. The number of carbonyl (C=O) groups is 3. The number of hydrogen-bond acceptors (Lipinski definition) is 4. The topological polar surface area (TPSA) is 95.9 Å². The molecule has 7 heteroatoms. The number of hydrogen-bond donors (Lipinski definition) is 2. The van der Waals surface area contributed by atoms with Crippen molar-refractivity contribution in [1.82, 2.24) is 10.2 Å². The van der Waals surface area contributed by atoms with Gasteiger partial charge in [0.2, 0.25) is 5.91 Å². The lowest BCUT2D eigenvalue weighted by atomic mass is 9.95. The molecule has 5 rings (SSSR count). The SMILES string of the molecule is CC1CN(C(=O)[C@H]2C[C@H]2CNC(=O)OCC2c3ccccc3-c3ccccc32)CC1CC(=O)O. The molecule has 1 saturated heterocycles. The summed E-state index contributed by atoms with van der Waals surface area (Å²) in [4.78, 5) is 38.0. The molecule has 0 aromatic heterocycles. The molecule has 1 saturated carbocycles. The van der Waals surface area contributed by atoms with Crippen LogP contribution in [0.25, 0.3) is 11.1 Å². The second kappa shape index (κ2) is 9.12. The zero-order chi connectivity index (χ0) is 23.8. The summed E-state index contributed by atoms with van der Waals surface area (Å²) in [5, 5.41) is 11.9. The van der Waals surface area contributed by atoms with Gasteiger partial charge in [-0.1, -0.05) is 55.5 Å². The number of nitrogens with zero attached hydrogens (tertiary/aromatic N) is 1. The largest absolute Gasteiger partial charge is 0.481 e. The molecule has 2 amide bonds. The third-order valence-electron chi connectivity index (χ3n) is 7.61. The first-order valence-corrected chi connectivity index (χ1v) is 12.0. The van der Waals surface area contributed by atoms with Crippen LogP contribution in [0.2, 0.25) is 0 Å². The molecule has 0 radical (unpaired) electrons. The monoisotopic (exact) mass is 462 g/mol. The number of ether oxygens (including phenoxy) is 1. The van der Waals surface area contributed by atoms with Crippen LogP contribution >= 0.6 is 0 Å². The Hall–Kier alpha value is -3.35. The van der Waals surface area contributed by atoms with Gasteiger partial charge in [-0.25, -0.2) is 4.79 Å². The van der Waals surface area contributed by atoms with E-state index in [0.29, 0.717) is 19.6 Å². The third kappa shape index (κ3) is 4.39. The van der Waals surface area contributed by atoms with E-state index in [4.69, 9.17) is 9.84 Å². The van der Waals surface area contributed by atoms with Crippen molar-refractivity contribution in [2.75, 3.05) is 26.2 Å². The summed E-state index contributed by atoms with van der Waals surface area (Å²) in [5.41, 5.74) is 4.72. The minimum absolute atomic E-state index is 0.0117. The van der Waals surface area contributed by atoms with Crippen molar-refractivity contribution in [3.8, 4) is 11.1 Å². The Morgan fingerprint density at radius 3 is 2.29 bits per heavy atom. The zero-order valence-electron chi connectivity index (χ0n) is 19.3. The van der Waals surface area contributed by atoms with Crippen molar-refractivity contribution in [2.45, 2.75) is 25.7 Å². The highest BCUT2D eigenvalue weighted by Crippen LogP contribution is 2.44. The Labute approximate surface area is 199 Å². The van der Waals surface area contributed by atoms with Gasteiger partial charge < -0.3 is 20.1 Å². The van der Waals surface area contributed by atoms with Crippen molar-refractivity contribution in [1.29, 1.82) is 0 Å². The standard InChI is InChI=1S/C27H30N2O5/c1-16-13-29(14-18(16)11-25(30)31)26(32)23-10-17(23)12-28-27(33)34-15-24-21-8-4-2-6-19(21)20-7-3-5-9-22(20)24/h2-9,16-18,23-24H,10-15H2,1H3,(H,28,33)(H,30,31)/t16?,17-,18?,23-/m0/s1. The molecule has 4 atom stereocenters. The summed E-state index contributed by atoms with van der Waals surface area (Å²) < 4.78 is 5.58. The maximum absolute atomic E-state index is 12.8. The summed E-state index contributed by atoms with van der Waals surface area (Å²) >= 11 is 0. The van der Waals surface area contributed by atoms with Crippen molar-refractivity contribution in [3.63, 3.8) is 0 Å². The van der Waals surface area contributed by atoms with Crippen LogP contribution in [0.5, 0.6) is 0 Å². The van der Waals surface area contributed by atoms with Gasteiger partial charge in [-0.15, -0.1) is 0 Å². The lowest BCUT2D eigenvalue weighted by Crippen LogP contribution is -2.33. The summed E-state index contributed by atoms with van der Waals surface area (Å²) in [6, 6.07) is 16.4. The predicted octanol–water partition coefficient (Wildman–Crippen LogP) is 3.73. The molecule has 0 spiro atoms. The van der Waals surface area contributed by atoms with Gasteiger partial charge in [0.25, 0.3) is 0 Å². The van der Waals surface area contributed by atoms with Gasteiger partial charge >= 0.3 is 12.1 Å². The summed E-state index contributed by atoms with van der Waals surface area (Å²) in [7, 11) is 0. The molecule has 1 heterocycles. The number of aliphatic carboxylic acids is 1. The molecule has 178 valence electrons. The number of likely N-dealkylation sites (tertiary alicyclic amines) is 1. The number of benzene rings is 2. The maximum Gasteiger partial charge on any atom is 0.407 e. The minimum atomic E-state index is -0.817. The molecule has 2 aromatic carbocycles. The molecule has 1 aliphatic heterocycles. The first kappa shape index (κ1) is 22.4. The number of amides is 2. The highest BCUT2D eigenvalue weighted by Gasteiger charge is 2.47. The molecule has 2 N–H and O–H groups in total. The lowest BCUT2D eigenvalue weighted by Gasteiger charge is -2.16. The molecule has 3 aliphatic rings. The van der Waals surface area contributed by atoms with Crippen LogP contribution in [-0.2, 0) is 14.3 Å². The fraction of sp³-hybridized carbons (Fsp3) is 0.444. The number of rotatable bonds is 7. The molecule has 2 aliphatic carbocycles. The number of fused-ring (bicyclic) bond motifs is 3. The van der Waals surface area contributed by atoms with Crippen LogP contribution in [0.15, 0.2) is 48.5 Å². The third-order valence-corrected chi connectivity index (χ3v) is 7.61. The number of carbonyl (C=O) groups excluding carboxylic acids is 2. The van der Waals surface area contributed by atoms with Crippen LogP contribution in [0.1, 0.15) is 36.8 Å². The predicted molar refractivity (Wildman–Crippen MR) is 126 cm³/mol. The fourth-order valence-corrected chi connectivity index (χ4v) is 5.58. The Morgan fingerprint density at radius 2 is 1.65 bits per heavy atom. The molecular weight excluding hydrogens is 432 g/mol. The molecule has 7 nitrogen and oxygen atoms in total. The quantitative estimate of drug-likeness (QED) is 0.654. The van der Waals surface area contributed by atoms with Gasteiger partial charge in [0.05, 0.1) is 6.42 Å². The lowest BCUT2D eigenvalue weighted by molar-refractivity contribution is -0.138. The smallest absolute Gasteiger partial charge is 0.407 e. The van der Waals surface area contributed by atoms with E-state index in [1.807, 2.05) is 31.2 Å². The van der Waals surface area contributed by atoms with E-state index < -0.39 is 12.1 Å². The van der Waals surface area contributed by atoms with Gasteiger partial charge in [0.1, 0.15) is 6.61 Å². The Morgan fingerprint density at radius 1 is 1.00 bits per heavy atom. The Bertz CT molecular complexity index is 1070. The minimum Gasteiger partial charge on any atom is -0.481 e. The summed E-state index contributed by atoms with van der Waals surface area (Å²) in [6.07, 6.45) is 0.385. The van der Waals surface area contributed by atoms with E-state index in [1.54, 1.807) is 4.90 Å². The van der Waals surface area contributed by atoms with E-state index in [1.165, 1.54) is 22.3 Å². The first-order valence-electron chi connectivity index (χ1n) is 12.0. The number of nitrogens with one attached hydrogen (secondary N) is 1. The number of carboxylic acids is 1. The van der Waals surface area contributed by atoms with E-state index in [2.05, 4.69) is 29.6 Å². The molecule has 2 unspecified atom stereocenters. The average molecular weight is 463 g/mol. The van der Waals surface area contributed by atoms with Gasteiger partial charge in [0, 0.05) is 31.5 Å². The van der Waals surface area contributed by atoms with E-state index in [-0.39, 0.29) is 48.5 Å². The number of carboxylic acid groups (broad SMARTS) is 1. The molecule has 0 bridgehead atoms. The van der Waals surface area contributed by atoms with Crippen LogP contribution in [0.4, 0.5) is 4.79 Å². The second-order valence-electron chi connectivity index (χ2n) is 9.89. The van der Waals surface area contributed by atoms with Crippen LogP contribution in [0, 0.1) is 23.7 Å². The second-order valence-corrected chi connectivity index (χ2v) is 9.89. The van der Waals surface area contributed by atoms with Gasteiger partial charge in [-0.2, -0.15) is 0 Å². The highest BCUT2D eigenvalue weighted by atomic mass is 16.5. The van der Waals surface area contributed by atoms with Crippen molar-refractivity contribution in [2.24, 2.45) is 23.7 Å². The summed E-state index contributed by atoms with van der Waals surface area (Å²) in [6.45, 7) is 3.80. The van der Waals surface area contributed by atoms with Crippen molar-refractivity contribution in [3.05, 3.63) is 59.7 Å². The van der Waals surface area contributed by atoms with Crippen LogP contribution in [-0.4, -0.2) is 54.2 Å². The molecule has 2 fully saturated rings. The number of alkyl carbamates (subject to hydrolysis) is 1. The normalized spacial score (nSPS) is 24.9. The molecular formula is C27H30N2O5. The maximum atomic E-state index is 12.8. The first-order chi connectivity index (χ1) is 16.4. The zero-order valence-corrected chi connectivity index (χ0v) is 19.3. The van der Waals surface area contributed by atoms with E-state index >= 15 is 0 Å². The van der Waals surface area contributed by atoms with Gasteiger partial charge in [0.15, 0.2) is 0 Å². The van der Waals surface area contributed by atoms with Crippen LogP contribution < -0.4 is 5.32 Å². The van der Waals surface area contributed by atoms with Gasteiger partial charge in [-0.3, -0.25) is 9.59 Å². The average Bonchev–Trinajstić information content (AvgIpc) is 3.42.